The Kier molecular flexibility index (Phi) is 5.55. The molecule has 0 atom stereocenters. The van der Waals surface area contributed by atoms with Gasteiger partial charge in [-0.15, -0.1) is 0 Å². The largest absolute Gasteiger partial charge is 0.478 e. The van der Waals surface area contributed by atoms with Gasteiger partial charge in [0, 0.05) is 13.1 Å². The Labute approximate surface area is 140 Å². The maximum atomic E-state index is 12.8. The molecular formula is C16H18N2O5S. The van der Waals surface area contributed by atoms with Gasteiger partial charge in [0.05, 0.1) is 17.9 Å². The minimum absolute atomic E-state index is 0.0733. The predicted octanol–water partition coefficient (Wildman–Crippen LogP) is 1.15. The van der Waals surface area contributed by atoms with E-state index in [0.717, 1.165) is 15.9 Å². The lowest BCUT2D eigenvalue weighted by atomic mass is 10.2. The molecular weight excluding hydrogens is 332 g/mol. The van der Waals surface area contributed by atoms with Crippen molar-refractivity contribution in [1.82, 2.24) is 4.31 Å². The Morgan fingerprint density at radius 2 is 1.79 bits per heavy atom. The standard InChI is InChI=1S/C16H18N2O5S/c17-14-10-13(16(20)21)6-7-15(14)24(22,23)18(8-9-19)11-12-4-2-1-3-5-12/h1-7,10,19H,8-9,11,17H2,(H,20,21). The van der Waals surface area contributed by atoms with Crippen LogP contribution in [0.5, 0.6) is 0 Å². The SMILES string of the molecule is Nc1cc(C(=O)O)ccc1S(=O)(=O)N(CCO)Cc1ccccc1. The van der Waals surface area contributed by atoms with E-state index in [4.69, 9.17) is 10.8 Å². The molecule has 0 fully saturated rings. The first-order valence-electron chi connectivity index (χ1n) is 7.14. The molecule has 0 heterocycles. The summed E-state index contributed by atoms with van der Waals surface area (Å²) in [4.78, 5) is 10.8. The summed E-state index contributed by atoms with van der Waals surface area (Å²) in [5.74, 6) is -1.19. The fourth-order valence-corrected chi connectivity index (χ4v) is 3.75. The number of aliphatic hydroxyl groups is 1. The quantitative estimate of drug-likeness (QED) is 0.644. The van der Waals surface area contributed by atoms with Gasteiger partial charge in [-0.25, -0.2) is 13.2 Å². The van der Waals surface area contributed by atoms with E-state index >= 15 is 0 Å². The number of sulfonamides is 1. The molecule has 7 nitrogen and oxygen atoms in total. The zero-order valence-electron chi connectivity index (χ0n) is 12.8. The molecule has 0 unspecified atom stereocenters. The van der Waals surface area contributed by atoms with Crippen molar-refractivity contribution in [2.45, 2.75) is 11.4 Å². The summed E-state index contributed by atoms with van der Waals surface area (Å²) in [6, 6.07) is 12.4. The van der Waals surface area contributed by atoms with Crippen molar-refractivity contribution < 1.29 is 23.4 Å². The topological polar surface area (TPSA) is 121 Å². The number of anilines is 1. The number of carboxylic acids is 1. The van der Waals surface area contributed by atoms with Crippen molar-refractivity contribution in [1.29, 1.82) is 0 Å². The molecule has 2 aromatic rings. The van der Waals surface area contributed by atoms with E-state index < -0.39 is 16.0 Å². The Hall–Kier alpha value is -2.42. The van der Waals surface area contributed by atoms with Crippen molar-refractivity contribution >= 4 is 21.7 Å². The number of carbonyl (C=O) groups is 1. The third-order valence-electron chi connectivity index (χ3n) is 3.43. The number of hydrogen-bond donors (Lipinski definition) is 3. The van der Waals surface area contributed by atoms with Gasteiger partial charge in [0.15, 0.2) is 0 Å². The van der Waals surface area contributed by atoms with E-state index in [9.17, 15) is 18.3 Å². The summed E-state index contributed by atoms with van der Waals surface area (Å²) in [6.45, 7) is -0.375. The second kappa shape index (κ2) is 7.43. The van der Waals surface area contributed by atoms with E-state index in [1.807, 2.05) is 6.07 Å². The summed E-state index contributed by atoms with van der Waals surface area (Å²) in [5, 5.41) is 18.1. The van der Waals surface area contributed by atoms with Crippen LogP contribution in [0.15, 0.2) is 53.4 Å². The summed E-state index contributed by atoms with van der Waals surface area (Å²) >= 11 is 0. The molecule has 0 saturated carbocycles. The molecule has 24 heavy (non-hydrogen) atoms. The highest BCUT2D eigenvalue weighted by atomic mass is 32.2. The van der Waals surface area contributed by atoms with Gasteiger partial charge in [-0.05, 0) is 23.8 Å². The number of rotatable bonds is 7. The first kappa shape index (κ1) is 17.9. The second-order valence-electron chi connectivity index (χ2n) is 5.11. The van der Waals surface area contributed by atoms with Crippen LogP contribution in [-0.4, -0.2) is 42.1 Å². The van der Waals surface area contributed by atoms with Crippen LogP contribution in [0.2, 0.25) is 0 Å². The van der Waals surface area contributed by atoms with Crippen molar-refractivity contribution in [2.75, 3.05) is 18.9 Å². The van der Waals surface area contributed by atoms with Crippen LogP contribution in [0.3, 0.4) is 0 Å². The lowest BCUT2D eigenvalue weighted by molar-refractivity contribution is 0.0697. The minimum Gasteiger partial charge on any atom is -0.478 e. The van der Waals surface area contributed by atoms with E-state index in [2.05, 4.69) is 0 Å². The summed E-state index contributed by atoms with van der Waals surface area (Å²) in [7, 11) is -3.98. The predicted molar refractivity (Wildman–Crippen MR) is 88.9 cm³/mol. The Morgan fingerprint density at radius 3 is 2.33 bits per heavy atom. The van der Waals surface area contributed by atoms with E-state index in [1.165, 1.54) is 12.1 Å². The van der Waals surface area contributed by atoms with Gasteiger partial charge >= 0.3 is 5.97 Å². The third-order valence-corrected chi connectivity index (χ3v) is 5.34. The van der Waals surface area contributed by atoms with Crippen LogP contribution in [0.25, 0.3) is 0 Å². The lowest BCUT2D eigenvalue weighted by Gasteiger charge is -2.22. The van der Waals surface area contributed by atoms with Crippen molar-refractivity contribution in [3.05, 3.63) is 59.7 Å². The Morgan fingerprint density at radius 1 is 1.12 bits per heavy atom. The Balaban J connectivity index is 2.39. The smallest absolute Gasteiger partial charge is 0.335 e. The average molecular weight is 350 g/mol. The highest BCUT2D eigenvalue weighted by Gasteiger charge is 2.27. The van der Waals surface area contributed by atoms with Crippen LogP contribution in [0.1, 0.15) is 15.9 Å². The fourth-order valence-electron chi connectivity index (χ4n) is 2.24. The molecule has 0 aromatic heterocycles. The number of carboxylic acid groups (broad SMARTS) is 1. The molecule has 0 spiro atoms. The van der Waals surface area contributed by atoms with Gasteiger partial charge in [-0.1, -0.05) is 30.3 Å². The molecule has 2 rings (SSSR count). The Bertz CT molecular complexity index is 822. The maximum Gasteiger partial charge on any atom is 0.335 e. The molecule has 0 amide bonds. The highest BCUT2D eigenvalue weighted by molar-refractivity contribution is 7.89. The molecule has 2 aromatic carbocycles. The zero-order chi connectivity index (χ0) is 17.7. The molecule has 0 radical (unpaired) electrons. The average Bonchev–Trinajstić information content (AvgIpc) is 2.55. The number of nitrogens with zero attached hydrogens (tertiary/aromatic N) is 1. The van der Waals surface area contributed by atoms with E-state index in [-0.39, 0.29) is 35.8 Å². The number of aromatic carboxylic acids is 1. The number of benzene rings is 2. The third kappa shape index (κ3) is 3.91. The molecule has 0 aliphatic carbocycles. The van der Waals surface area contributed by atoms with Gasteiger partial charge < -0.3 is 15.9 Å². The number of aliphatic hydroxyl groups excluding tert-OH is 1. The van der Waals surface area contributed by atoms with Crippen LogP contribution in [0, 0.1) is 0 Å². The van der Waals surface area contributed by atoms with E-state index in [0.29, 0.717) is 0 Å². The second-order valence-corrected chi connectivity index (χ2v) is 7.01. The summed E-state index contributed by atoms with van der Waals surface area (Å²) < 4.78 is 26.7. The summed E-state index contributed by atoms with van der Waals surface area (Å²) in [6.07, 6.45) is 0. The molecule has 0 bridgehead atoms. The molecule has 4 N–H and O–H groups in total. The number of nitrogens with two attached hydrogens (primary N) is 1. The molecule has 0 saturated heterocycles. The number of hydrogen-bond acceptors (Lipinski definition) is 5. The molecule has 0 aliphatic rings. The highest BCUT2D eigenvalue weighted by Crippen LogP contribution is 2.25. The molecule has 0 aliphatic heterocycles. The van der Waals surface area contributed by atoms with Crippen molar-refractivity contribution in [3.8, 4) is 0 Å². The first-order chi connectivity index (χ1) is 11.4. The summed E-state index contributed by atoms with van der Waals surface area (Å²) in [5.41, 5.74) is 6.26. The van der Waals surface area contributed by atoms with Gasteiger partial charge in [0.2, 0.25) is 10.0 Å². The van der Waals surface area contributed by atoms with Gasteiger partial charge in [-0.2, -0.15) is 4.31 Å². The normalized spacial score (nSPS) is 11.6. The zero-order valence-corrected chi connectivity index (χ0v) is 13.6. The van der Waals surface area contributed by atoms with Crippen LogP contribution in [0.4, 0.5) is 5.69 Å². The number of nitrogen functional groups attached to an aromatic ring is 1. The van der Waals surface area contributed by atoms with Crippen molar-refractivity contribution in [3.63, 3.8) is 0 Å². The minimum atomic E-state index is -3.98. The first-order valence-corrected chi connectivity index (χ1v) is 8.58. The van der Waals surface area contributed by atoms with E-state index in [1.54, 1.807) is 24.3 Å². The molecule has 8 heteroatoms. The van der Waals surface area contributed by atoms with Crippen LogP contribution < -0.4 is 5.73 Å². The van der Waals surface area contributed by atoms with Crippen molar-refractivity contribution in [2.24, 2.45) is 0 Å². The van der Waals surface area contributed by atoms with Gasteiger partial charge in [0.25, 0.3) is 0 Å². The van der Waals surface area contributed by atoms with Crippen LogP contribution >= 0.6 is 0 Å². The lowest BCUT2D eigenvalue weighted by Crippen LogP contribution is -2.33. The van der Waals surface area contributed by atoms with Crippen LogP contribution in [-0.2, 0) is 16.6 Å². The monoisotopic (exact) mass is 350 g/mol. The molecule has 128 valence electrons. The van der Waals surface area contributed by atoms with Gasteiger partial charge in [0.1, 0.15) is 4.90 Å². The fraction of sp³-hybridized carbons (Fsp3) is 0.188. The maximum absolute atomic E-state index is 12.8. The van der Waals surface area contributed by atoms with Gasteiger partial charge in [-0.3, -0.25) is 0 Å².